The van der Waals surface area contributed by atoms with E-state index in [1.807, 2.05) is 33.2 Å². The zero-order valence-electron chi connectivity index (χ0n) is 18.3. The first-order valence-corrected chi connectivity index (χ1v) is 10.3. The van der Waals surface area contributed by atoms with Crippen LogP contribution in [0.1, 0.15) is 29.1 Å². The molecule has 0 aliphatic carbocycles. The fourth-order valence-corrected chi connectivity index (χ4v) is 3.53. The zero-order valence-corrected chi connectivity index (χ0v) is 20.6. The molecule has 3 rings (SSSR count). The number of rotatable bonds is 6. The Balaban J connectivity index is 0.00000341. The van der Waals surface area contributed by atoms with Crippen molar-refractivity contribution in [3.63, 3.8) is 0 Å². The number of benzene rings is 1. The van der Waals surface area contributed by atoms with Crippen LogP contribution in [-0.2, 0) is 0 Å². The van der Waals surface area contributed by atoms with E-state index in [1.165, 1.54) is 18.4 Å². The number of furan rings is 1. The highest BCUT2D eigenvalue weighted by molar-refractivity contribution is 14.0. The van der Waals surface area contributed by atoms with Crippen molar-refractivity contribution in [2.75, 3.05) is 53.4 Å². The lowest BCUT2D eigenvalue weighted by atomic mass is 10.1. The summed E-state index contributed by atoms with van der Waals surface area (Å²) in [5.74, 6) is 0.884. The summed E-state index contributed by atoms with van der Waals surface area (Å²) in [6, 6.07) is 10.0. The smallest absolute Gasteiger partial charge is 0.289 e. The molecule has 0 saturated carbocycles. The van der Waals surface area contributed by atoms with Crippen molar-refractivity contribution in [2.45, 2.75) is 13.0 Å². The van der Waals surface area contributed by atoms with Crippen LogP contribution in [0, 0.1) is 5.82 Å². The summed E-state index contributed by atoms with van der Waals surface area (Å²) in [4.78, 5) is 23.4. The normalized spacial score (nSPS) is 15.6. The Bertz CT molecular complexity index is 834. The standard InChI is InChI=1S/C22H30FN5O2.HI/c1-4-24-22(25-16-19(26(2)3)17-7-9-18(23)10-8-17)28-13-11-27(12-14-28)21(29)20-6-5-15-30-20;/h5-10,15,19H,4,11-14,16H2,1-3H3,(H,24,25);1H. The number of likely N-dealkylation sites (N-methyl/N-ethyl adjacent to an activating group) is 1. The Kier molecular flexibility index (Phi) is 9.76. The van der Waals surface area contributed by atoms with Gasteiger partial charge >= 0.3 is 0 Å². The van der Waals surface area contributed by atoms with E-state index in [-0.39, 0.29) is 41.7 Å². The number of carbonyl (C=O) groups excluding carboxylic acids is 1. The molecule has 1 aliphatic rings. The molecule has 1 saturated heterocycles. The molecule has 1 aromatic carbocycles. The van der Waals surface area contributed by atoms with Crippen molar-refractivity contribution >= 4 is 35.8 Å². The topological polar surface area (TPSA) is 64.3 Å². The molecule has 2 aromatic rings. The van der Waals surface area contributed by atoms with Crippen LogP contribution in [0.3, 0.4) is 0 Å². The van der Waals surface area contributed by atoms with Crippen LogP contribution in [0.15, 0.2) is 52.1 Å². The van der Waals surface area contributed by atoms with Gasteiger partial charge in [0.05, 0.1) is 18.8 Å². The average Bonchev–Trinajstić information content (AvgIpc) is 3.29. The second kappa shape index (κ2) is 12.0. The quantitative estimate of drug-likeness (QED) is 0.345. The van der Waals surface area contributed by atoms with Crippen LogP contribution in [-0.4, -0.2) is 79.9 Å². The van der Waals surface area contributed by atoms with Gasteiger partial charge in [0.2, 0.25) is 0 Å². The minimum Gasteiger partial charge on any atom is -0.459 e. The number of guanidine groups is 1. The molecule has 1 amide bonds. The number of amides is 1. The van der Waals surface area contributed by atoms with Gasteiger partial charge in [0.15, 0.2) is 11.7 Å². The largest absolute Gasteiger partial charge is 0.459 e. The predicted molar refractivity (Wildman–Crippen MR) is 130 cm³/mol. The van der Waals surface area contributed by atoms with Gasteiger partial charge in [0.1, 0.15) is 5.82 Å². The summed E-state index contributed by atoms with van der Waals surface area (Å²) in [7, 11) is 3.99. The second-order valence-electron chi connectivity index (χ2n) is 7.48. The first kappa shape index (κ1) is 25.1. The van der Waals surface area contributed by atoms with Gasteiger partial charge in [-0.15, -0.1) is 24.0 Å². The number of aliphatic imine (C=N–C) groups is 1. The number of halogens is 2. The Hall–Kier alpha value is -2.14. The third kappa shape index (κ3) is 6.67. The molecular weight excluding hydrogens is 512 g/mol. The molecule has 1 atom stereocenters. The third-order valence-electron chi connectivity index (χ3n) is 5.23. The molecule has 0 radical (unpaired) electrons. The maximum Gasteiger partial charge on any atom is 0.289 e. The summed E-state index contributed by atoms with van der Waals surface area (Å²) < 4.78 is 18.5. The number of nitrogens with zero attached hydrogens (tertiary/aromatic N) is 4. The summed E-state index contributed by atoms with van der Waals surface area (Å²) in [6.07, 6.45) is 1.52. The average molecular weight is 543 g/mol. The third-order valence-corrected chi connectivity index (χ3v) is 5.23. The zero-order chi connectivity index (χ0) is 21.5. The number of carbonyl (C=O) groups is 1. The van der Waals surface area contributed by atoms with Crippen molar-refractivity contribution < 1.29 is 13.6 Å². The summed E-state index contributed by atoms with van der Waals surface area (Å²) in [5.41, 5.74) is 1.02. The molecule has 0 bridgehead atoms. The number of piperazine rings is 1. The molecule has 1 unspecified atom stereocenters. The lowest BCUT2D eigenvalue weighted by Gasteiger charge is -2.36. The molecule has 170 valence electrons. The van der Waals surface area contributed by atoms with Gasteiger partial charge < -0.3 is 24.4 Å². The van der Waals surface area contributed by atoms with Crippen molar-refractivity contribution in [1.29, 1.82) is 0 Å². The van der Waals surface area contributed by atoms with Gasteiger partial charge in [-0.2, -0.15) is 0 Å². The van der Waals surface area contributed by atoms with E-state index in [2.05, 4.69) is 15.1 Å². The van der Waals surface area contributed by atoms with Crippen LogP contribution in [0.4, 0.5) is 4.39 Å². The molecule has 1 aliphatic heterocycles. The highest BCUT2D eigenvalue weighted by Crippen LogP contribution is 2.19. The van der Waals surface area contributed by atoms with Gasteiger partial charge in [-0.1, -0.05) is 12.1 Å². The maximum absolute atomic E-state index is 13.3. The fraction of sp³-hybridized carbons (Fsp3) is 0.455. The van der Waals surface area contributed by atoms with E-state index in [4.69, 9.17) is 9.41 Å². The van der Waals surface area contributed by atoms with Crippen LogP contribution >= 0.6 is 24.0 Å². The lowest BCUT2D eigenvalue weighted by Crippen LogP contribution is -2.53. The maximum atomic E-state index is 13.3. The van der Waals surface area contributed by atoms with Crippen molar-refractivity contribution in [2.24, 2.45) is 4.99 Å². The number of hydrogen-bond acceptors (Lipinski definition) is 4. The van der Waals surface area contributed by atoms with E-state index in [0.29, 0.717) is 38.5 Å². The summed E-state index contributed by atoms with van der Waals surface area (Å²) in [5, 5.41) is 3.35. The molecule has 2 heterocycles. The molecular formula is C22H31FIN5O2. The molecule has 9 heteroatoms. The molecule has 0 spiro atoms. The first-order chi connectivity index (χ1) is 14.5. The highest BCUT2D eigenvalue weighted by atomic mass is 127. The monoisotopic (exact) mass is 543 g/mol. The minimum absolute atomic E-state index is 0. The summed E-state index contributed by atoms with van der Waals surface area (Å²) in [6.45, 7) is 5.95. The predicted octanol–water partition coefficient (Wildman–Crippen LogP) is 3.06. The van der Waals surface area contributed by atoms with Gasteiger partial charge in [-0.25, -0.2) is 4.39 Å². The van der Waals surface area contributed by atoms with Gasteiger partial charge in [0, 0.05) is 32.7 Å². The Morgan fingerprint density at radius 2 is 1.81 bits per heavy atom. The Morgan fingerprint density at radius 1 is 1.16 bits per heavy atom. The van der Waals surface area contributed by atoms with Crippen molar-refractivity contribution in [1.82, 2.24) is 20.0 Å². The van der Waals surface area contributed by atoms with Gasteiger partial charge in [-0.3, -0.25) is 9.79 Å². The molecule has 1 aromatic heterocycles. The van der Waals surface area contributed by atoms with E-state index in [1.54, 1.807) is 17.0 Å². The molecule has 1 N–H and O–H groups in total. The fourth-order valence-electron chi connectivity index (χ4n) is 3.53. The van der Waals surface area contributed by atoms with E-state index < -0.39 is 0 Å². The van der Waals surface area contributed by atoms with Crippen molar-refractivity contribution in [3.8, 4) is 0 Å². The molecule has 1 fully saturated rings. The van der Waals surface area contributed by atoms with Crippen molar-refractivity contribution in [3.05, 3.63) is 59.8 Å². The van der Waals surface area contributed by atoms with Gasteiger partial charge in [0.25, 0.3) is 5.91 Å². The van der Waals surface area contributed by atoms with Crippen LogP contribution in [0.2, 0.25) is 0 Å². The number of hydrogen-bond donors (Lipinski definition) is 1. The number of nitrogens with one attached hydrogen (secondary N) is 1. The minimum atomic E-state index is -0.241. The molecule has 31 heavy (non-hydrogen) atoms. The summed E-state index contributed by atoms with van der Waals surface area (Å²) >= 11 is 0. The van der Waals surface area contributed by atoms with Gasteiger partial charge in [-0.05, 0) is 50.8 Å². The first-order valence-electron chi connectivity index (χ1n) is 10.3. The Labute approximate surface area is 200 Å². The Morgan fingerprint density at radius 3 is 2.35 bits per heavy atom. The lowest BCUT2D eigenvalue weighted by molar-refractivity contribution is 0.0657. The second-order valence-corrected chi connectivity index (χ2v) is 7.48. The van der Waals surface area contributed by atoms with Crippen LogP contribution in [0.5, 0.6) is 0 Å². The van der Waals surface area contributed by atoms with Crippen LogP contribution in [0.25, 0.3) is 0 Å². The van der Waals surface area contributed by atoms with E-state index in [0.717, 1.165) is 18.1 Å². The van der Waals surface area contributed by atoms with E-state index in [9.17, 15) is 9.18 Å². The molecule has 7 nitrogen and oxygen atoms in total. The highest BCUT2D eigenvalue weighted by Gasteiger charge is 2.25. The SMILES string of the molecule is CCNC(=NCC(c1ccc(F)cc1)N(C)C)N1CCN(C(=O)c2ccco2)CC1.I. The van der Waals surface area contributed by atoms with E-state index >= 15 is 0 Å². The van der Waals surface area contributed by atoms with Crippen LogP contribution < -0.4 is 5.32 Å².